The topological polar surface area (TPSA) is 111 Å². The molecular formula is C12H6FN3O4. The second kappa shape index (κ2) is 4.89. The molecule has 0 aromatic heterocycles. The molecule has 0 spiro atoms. The molecule has 0 radical (unpaired) electrons. The molecule has 0 saturated heterocycles. The molecule has 1 heterocycles. The number of halogens is 1. The molecule has 2 rings (SSSR count). The first-order valence-electron chi connectivity index (χ1n) is 5.29. The molecule has 0 bridgehead atoms. The number of imide groups is 1. The molecule has 1 aliphatic heterocycles. The summed E-state index contributed by atoms with van der Waals surface area (Å²) >= 11 is 0. The van der Waals surface area contributed by atoms with E-state index < -0.39 is 29.8 Å². The van der Waals surface area contributed by atoms with Crippen molar-refractivity contribution in [3.05, 3.63) is 35.1 Å². The highest BCUT2D eigenvalue weighted by atomic mass is 19.1. The fraction of sp³-hybridized carbons (Fsp3) is 0.0833. The van der Waals surface area contributed by atoms with Crippen molar-refractivity contribution in [2.24, 2.45) is 4.99 Å². The quantitative estimate of drug-likeness (QED) is 0.879. The maximum Gasteiger partial charge on any atom is 0.351 e. The zero-order valence-corrected chi connectivity index (χ0v) is 9.78. The fourth-order valence-electron chi connectivity index (χ4n) is 1.76. The number of carbonyl (C=O) groups is 3. The minimum atomic E-state index is -1.69. The van der Waals surface area contributed by atoms with Crippen LogP contribution in [0.3, 0.4) is 0 Å². The lowest BCUT2D eigenvalue weighted by Crippen LogP contribution is -2.38. The number of hydrogen-bond acceptors (Lipinski definition) is 4. The van der Waals surface area contributed by atoms with E-state index in [0.717, 1.165) is 12.1 Å². The lowest BCUT2D eigenvalue weighted by Gasteiger charge is -2.21. The first-order valence-corrected chi connectivity index (χ1v) is 5.29. The standard InChI is InChI=1S/C12H6FN3O4/c13-8-3-6(1-2-7(8)4-14)10(11(18)19)16-9(17)5-15-12(16)20/h1-3,5,10H,(H,18,19). The number of carboxylic acid groups (broad SMARTS) is 1. The van der Waals surface area contributed by atoms with E-state index in [4.69, 9.17) is 10.4 Å². The predicted molar refractivity (Wildman–Crippen MR) is 62.2 cm³/mol. The van der Waals surface area contributed by atoms with Gasteiger partial charge in [0.05, 0.1) is 11.8 Å². The third-order valence-electron chi connectivity index (χ3n) is 2.65. The van der Waals surface area contributed by atoms with Gasteiger partial charge in [-0.1, -0.05) is 6.07 Å². The first kappa shape index (κ1) is 13.4. The normalized spacial score (nSPS) is 15.3. The molecule has 100 valence electrons. The van der Waals surface area contributed by atoms with Crippen LogP contribution in [-0.4, -0.2) is 34.1 Å². The van der Waals surface area contributed by atoms with E-state index in [0.29, 0.717) is 11.1 Å². The highest BCUT2D eigenvalue weighted by molar-refractivity contribution is 6.36. The van der Waals surface area contributed by atoms with Gasteiger partial charge in [0.1, 0.15) is 11.9 Å². The van der Waals surface area contributed by atoms with Gasteiger partial charge in [-0.25, -0.2) is 18.9 Å². The smallest absolute Gasteiger partial charge is 0.351 e. The van der Waals surface area contributed by atoms with Crippen LogP contribution in [0.1, 0.15) is 17.2 Å². The van der Waals surface area contributed by atoms with Gasteiger partial charge in [-0.05, 0) is 17.7 Å². The maximum atomic E-state index is 13.5. The first-order chi connectivity index (χ1) is 9.45. The van der Waals surface area contributed by atoms with Crippen LogP contribution in [0.5, 0.6) is 0 Å². The number of rotatable bonds is 3. The van der Waals surface area contributed by atoms with Crippen LogP contribution in [0, 0.1) is 17.1 Å². The summed E-state index contributed by atoms with van der Waals surface area (Å²) in [6, 6.07) is 1.90. The average molecular weight is 275 g/mol. The van der Waals surface area contributed by atoms with Crippen molar-refractivity contribution in [1.29, 1.82) is 5.26 Å². The Morgan fingerprint density at radius 1 is 1.45 bits per heavy atom. The summed E-state index contributed by atoms with van der Waals surface area (Å²) in [7, 11) is 0. The monoisotopic (exact) mass is 275 g/mol. The van der Waals surface area contributed by atoms with Gasteiger partial charge in [0.25, 0.3) is 5.91 Å². The lowest BCUT2D eigenvalue weighted by atomic mass is 10.0. The molecule has 8 heteroatoms. The molecule has 1 atom stereocenters. The average Bonchev–Trinajstić information content (AvgIpc) is 2.71. The van der Waals surface area contributed by atoms with E-state index in [-0.39, 0.29) is 11.1 Å². The van der Waals surface area contributed by atoms with Crippen molar-refractivity contribution in [3.8, 4) is 6.07 Å². The van der Waals surface area contributed by atoms with Crippen LogP contribution in [0.2, 0.25) is 0 Å². The Morgan fingerprint density at radius 3 is 2.60 bits per heavy atom. The van der Waals surface area contributed by atoms with E-state index in [1.807, 2.05) is 0 Å². The van der Waals surface area contributed by atoms with Crippen LogP contribution >= 0.6 is 0 Å². The van der Waals surface area contributed by atoms with Crippen molar-refractivity contribution in [2.45, 2.75) is 6.04 Å². The van der Waals surface area contributed by atoms with Crippen molar-refractivity contribution >= 4 is 24.1 Å². The summed E-state index contributed by atoms with van der Waals surface area (Å²) in [5.74, 6) is -3.34. The fourth-order valence-corrected chi connectivity index (χ4v) is 1.76. The van der Waals surface area contributed by atoms with Gasteiger partial charge < -0.3 is 5.11 Å². The number of nitrogens with zero attached hydrogens (tertiary/aromatic N) is 3. The number of nitriles is 1. The van der Waals surface area contributed by atoms with Crippen molar-refractivity contribution < 1.29 is 23.9 Å². The molecule has 7 nitrogen and oxygen atoms in total. The summed E-state index contributed by atoms with van der Waals surface area (Å²) in [6.45, 7) is 0. The Bertz CT molecular complexity index is 674. The van der Waals surface area contributed by atoms with E-state index in [1.54, 1.807) is 6.07 Å². The summed E-state index contributed by atoms with van der Waals surface area (Å²) in [6.07, 6.45) is 0.693. The Hall–Kier alpha value is -3.08. The number of aliphatic carboxylic acids is 1. The molecule has 1 aliphatic rings. The van der Waals surface area contributed by atoms with Crippen molar-refractivity contribution in [3.63, 3.8) is 0 Å². The molecule has 1 aromatic rings. The second-order valence-electron chi connectivity index (χ2n) is 3.84. The van der Waals surface area contributed by atoms with Gasteiger partial charge in [0.2, 0.25) is 0 Å². The zero-order valence-electron chi connectivity index (χ0n) is 9.78. The van der Waals surface area contributed by atoms with Crippen molar-refractivity contribution in [1.82, 2.24) is 4.90 Å². The third-order valence-corrected chi connectivity index (χ3v) is 2.65. The number of carboxylic acids is 1. The SMILES string of the molecule is N#Cc1ccc(C(C(=O)O)N2C(=O)C=NC2=O)cc1F. The van der Waals surface area contributed by atoms with E-state index in [1.165, 1.54) is 6.07 Å². The number of carbonyl (C=O) groups excluding carboxylic acids is 2. The minimum absolute atomic E-state index is 0.138. The molecule has 3 amide bonds. The van der Waals surface area contributed by atoms with Gasteiger partial charge in [0, 0.05) is 0 Å². The third kappa shape index (κ3) is 2.12. The largest absolute Gasteiger partial charge is 0.479 e. The van der Waals surface area contributed by atoms with Crippen LogP contribution in [0.15, 0.2) is 23.2 Å². The highest BCUT2D eigenvalue weighted by Gasteiger charge is 2.38. The molecular weight excluding hydrogens is 269 g/mol. The summed E-state index contributed by atoms with van der Waals surface area (Å²) in [5, 5.41) is 17.8. The van der Waals surface area contributed by atoms with Crippen LogP contribution in [0.4, 0.5) is 9.18 Å². The minimum Gasteiger partial charge on any atom is -0.479 e. The van der Waals surface area contributed by atoms with E-state index >= 15 is 0 Å². The lowest BCUT2D eigenvalue weighted by molar-refractivity contribution is -0.145. The Labute approximate surface area is 111 Å². The van der Waals surface area contributed by atoms with Crippen LogP contribution in [0.25, 0.3) is 0 Å². The highest BCUT2D eigenvalue weighted by Crippen LogP contribution is 2.25. The van der Waals surface area contributed by atoms with Gasteiger partial charge >= 0.3 is 12.0 Å². The predicted octanol–water partition coefficient (Wildman–Crippen LogP) is 0.856. The molecule has 0 saturated carbocycles. The van der Waals surface area contributed by atoms with Crippen LogP contribution < -0.4 is 0 Å². The van der Waals surface area contributed by atoms with E-state index in [2.05, 4.69) is 4.99 Å². The van der Waals surface area contributed by atoms with Crippen molar-refractivity contribution in [2.75, 3.05) is 0 Å². The zero-order chi connectivity index (χ0) is 14.9. The number of benzene rings is 1. The number of urea groups is 1. The summed E-state index contributed by atoms with van der Waals surface area (Å²) < 4.78 is 13.5. The number of aliphatic imine (C=N–C) groups is 1. The molecule has 1 N–H and O–H groups in total. The number of amides is 3. The molecule has 1 unspecified atom stereocenters. The van der Waals surface area contributed by atoms with E-state index in [9.17, 15) is 18.8 Å². The molecule has 1 aromatic carbocycles. The summed E-state index contributed by atoms with van der Waals surface area (Å²) in [4.78, 5) is 37.7. The maximum absolute atomic E-state index is 13.5. The van der Waals surface area contributed by atoms with Gasteiger partial charge in [-0.15, -0.1) is 0 Å². The Morgan fingerprint density at radius 2 is 2.15 bits per heavy atom. The second-order valence-corrected chi connectivity index (χ2v) is 3.84. The molecule has 0 fully saturated rings. The molecule has 0 aliphatic carbocycles. The number of hydrogen-bond donors (Lipinski definition) is 1. The van der Waals surface area contributed by atoms with Gasteiger partial charge in [-0.3, -0.25) is 4.79 Å². The van der Waals surface area contributed by atoms with Gasteiger partial charge in [-0.2, -0.15) is 10.3 Å². The molecule has 20 heavy (non-hydrogen) atoms. The Kier molecular flexibility index (Phi) is 3.27. The summed E-state index contributed by atoms with van der Waals surface area (Å²) in [5.41, 5.74) is -0.408. The Balaban J connectivity index is 2.48. The van der Waals surface area contributed by atoms with Gasteiger partial charge in [0.15, 0.2) is 6.04 Å². The van der Waals surface area contributed by atoms with Crippen LogP contribution in [-0.2, 0) is 9.59 Å².